The fourth-order valence-electron chi connectivity index (χ4n) is 4.63. The Morgan fingerprint density at radius 3 is 2.00 bits per heavy atom. The van der Waals surface area contributed by atoms with Gasteiger partial charge in [0, 0.05) is 19.5 Å². The molecule has 8 nitrogen and oxygen atoms in total. The van der Waals surface area contributed by atoms with Gasteiger partial charge in [0.25, 0.3) is 0 Å². The van der Waals surface area contributed by atoms with E-state index in [1.54, 1.807) is 48.5 Å². The van der Waals surface area contributed by atoms with E-state index >= 15 is 0 Å². The standard InChI is InChI=1S/C34H36FN3O5S/c1-3-22-36-34(40)32(23-26-10-6-4-7-11-26)37(24-27-14-16-28(35)17-15-27)33(39)25-38(44(2,41)42)29-18-20-31(21-19-29)43-30-12-8-5-9-13-30/h4-21,32H,3,22-25H2,1-2H3,(H,36,40)/t32-/m0/s1. The third-order valence-electron chi connectivity index (χ3n) is 6.87. The fourth-order valence-corrected chi connectivity index (χ4v) is 5.47. The summed E-state index contributed by atoms with van der Waals surface area (Å²) in [5.41, 5.74) is 1.68. The number of sulfonamides is 1. The van der Waals surface area contributed by atoms with E-state index in [1.807, 2.05) is 55.5 Å². The van der Waals surface area contributed by atoms with Gasteiger partial charge in [0.15, 0.2) is 0 Å². The minimum Gasteiger partial charge on any atom is -0.457 e. The van der Waals surface area contributed by atoms with Crippen molar-refractivity contribution >= 4 is 27.5 Å². The maximum Gasteiger partial charge on any atom is 0.244 e. The second kappa shape index (κ2) is 15.2. The highest BCUT2D eigenvalue weighted by molar-refractivity contribution is 7.92. The first-order valence-electron chi connectivity index (χ1n) is 14.3. The number of para-hydroxylation sites is 1. The Balaban J connectivity index is 1.66. The van der Waals surface area contributed by atoms with E-state index in [2.05, 4.69) is 5.32 Å². The molecule has 0 saturated carbocycles. The van der Waals surface area contributed by atoms with E-state index in [4.69, 9.17) is 4.74 Å². The van der Waals surface area contributed by atoms with Crippen molar-refractivity contribution in [2.75, 3.05) is 23.7 Å². The summed E-state index contributed by atoms with van der Waals surface area (Å²) < 4.78 is 46.5. The topological polar surface area (TPSA) is 96.0 Å². The molecule has 0 bridgehead atoms. The zero-order valence-corrected chi connectivity index (χ0v) is 25.5. The van der Waals surface area contributed by atoms with Crippen molar-refractivity contribution in [2.45, 2.75) is 32.4 Å². The number of amides is 2. The van der Waals surface area contributed by atoms with Crippen LogP contribution in [0.4, 0.5) is 10.1 Å². The molecule has 0 heterocycles. The summed E-state index contributed by atoms with van der Waals surface area (Å²) in [5, 5.41) is 2.89. The number of carbonyl (C=O) groups excluding carboxylic acids is 2. The van der Waals surface area contributed by atoms with Crippen molar-refractivity contribution in [3.8, 4) is 11.5 Å². The lowest BCUT2D eigenvalue weighted by Gasteiger charge is -2.33. The highest BCUT2D eigenvalue weighted by atomic mass is 32.2. The third kappa shape index (κ3) is 9.15. The second-order valence-corrected chi connectivity index (χ2v) is 12.2. The van der Waals surface area contributed by atoms with Crippen LogP contribution in [0.3, 0.4) is 0 Å². The number of ether oxygens (including phenoxy) is 1. The number of hydrogen-bond acceptors (Lipinski definition) is 5. The molecule has 10 heteroatoms. The molecule has 1 N–H and O–H groups in total. The van der Waals surface area contributed by atoms with E-state index in [9.17, 15) is 22.4 Å². The minimum absolute atomic E-state index is 0.0301. The van der Waals surface area contributed by atoms with E-state index in [1.165, 1.54) is 17.0 Å². The van der Waals surface area contributed by atoms with Gasteiger partial charge in [-0.2, -0.15) is 0 Å². The Hall–Kier alpha value is -4.70. The van der Waals surface area contributed by atoms with Crippen molar-refractivity contribution in [3.05, 3.63) is 126 Å². The van der Waals surface area contributed by atoms with Crippen molar-refractivity contribution in [1.82, 2.24) is 10.2 Å². The van der Waals surface area contributed by atoms with Gasteiger partial charge in [0.2, 0.25) is 21.8 Å². The van der Waals surface area contributed by atoms with Crippen LogP contribution < -0.4 is 14.4 Å². The largest absolute Gasteiger partial charge is 0.457 e. The molecule has 0 aliphatic rings. The molecular weight excluding hydrogens is 581 g/mol. The van der Waals surface area contributed by atoms with Crippen LogP contribution in [0, 0.1) is 5.82 Å². The summed E-state index contributed by atoms with van der Waals surface area (Å²) in [6, 6.07) is 29.5. The number of halogens is 1. The van der Waals surface area contributed by atoms with Gasteiger partial charge in [0.05, 0.1) is 11.9 Å². The van der Waals surface area contributed by atoms with Gasteiger partial charge in [-0.15, -0.1) is 0 Å². The molecule has 4 aromatic rings. The first-order chi connectivity index (χ1) is 21.1. The highest BCUT2D eigenvalue weighted by Crippen LogP contribution is 2.26. The number of nitrogens with one attached hydrogen (secondary N) is 1. The Morgan fingerprint density at radius 1 is 0.818 bits per heavy atom. The molecular formula is C34H36FN3O5S. The van der Waals surface area contributed by atoms with Gasteiger partial charge >= 0.3 is 0 Å². The molecule has 0 spiro atoms. The Morgan fingerprint density at radius 2 is 1.41 bits per heavy atom. The molecule has 0 aliphatic carbocycles. The SMILES string of the molecule is CCCNC(=O)[C@H](Cc1ccccc1)N(Cc1ccc(F)cc1)C(=O)CN(c1ccc(Oc2ccccc2)cc1)S(C)(=O)=O. The maximum absolute atomic E-state index is 14.1. The highest BCUT2D eigenvalue weighted by Gasteiger charge is 2.33. The van der Waals surface area contributed by atoms with Crippen molar-refractivity contribution in [3.63, 3.8) is 0 Å². The van der Waals surface area contributed by atoms with Crippen LogP contribution >= 0.6 is 0 Å². The summed E-state index contributed by atoms with van der Waals surface area (Å²) >= 11 is 0. The Bertz CT molecular complexity index is 1620. The van der Waals surface area contributed by atoms with Gasteiger partial charge in [-0.25, -0.2) is 12.8 Å². The molecule has 4 aromatic carbocycles. The predicted molar refractivity (Wildman–Crippen MR) is 169 cm³/mol. The number of anilines is 1. The predicted octanol–water partition coefficient (Wildman–Crippen LogP) is 5.55. The molecule has 0 unspecified atom stereocenters. The molecule has 1 atom stereocenters. The monoisotopic (exact) mass is 617 g/mol. The maximum atomic E-state index is 14.1. The van der Waals surface area contributed by atoms with Gasteiger partial charge in [-0.1, -0.05) is 67.6 Å². The van der Waals surface area contributed by atoms with Gasteiger partial charge in [0.1, 0.15) is 29.9 Å². The molecule has 2 amide bonds. The molecule has 230 valence electrons. The van der Waals surface area contributed by atoms with Crippen molar-refractivity contribution < 1.29 is 27.1 Å². The van der Waals surface area contributed by atoms with Crippen LogP contribution in [0.2, 0.25) is 0 Å². The fraction of sp³-hybridized carbons (Fsp3) is 0.235. The Labute approximate surface area is 258 Å². The zero-order valence-electron chi connectivity index (χ0n) is 24.7. The number of carbonyl (C=O) groups is 2. The van der Waals surface area contributed by atoms with E-state index < -0.39 is 34.3 Å². The minimum atomic E-state index is -3.92. The average molecular weight is 618 g/mol. The van der Waals surface area contributed by atoms with E-state index in [0.717, 1.165) is 16.1 Å². The van der Waals surface area contributed by atoms with Crippen molar-refractivity contribution in [1.29, 1.82) is 0 Å². The van der Waals surface area contributed by atoms with Crippen LogP contribution in [0.15, 0.2) is 109 Å². The first-order valence-corrected chi connectivity index (χ1v) is 16.1. The van der Waals surface area contributed by atoms with Gasteiger partial charge in [-0.05, 0) is 66.1 Å². The molecule has 0 radical (unpaired) electrons. The van der Waals surface area contributed by atoms with Crippen LogP contribution in [-0.4, -0.2) is 50.5 Å². The summed E-state index contributed by atoms with van der Waals surface area (Å²) in [4.78, 5) is 29.0. The summed E-state index contributed by atoms with van der Waals surface area (Å²) in [5.74, 6) is -0.265. The third-order valence-corrected chi connectivity index (χ3v) is 8.01. The molecule has 0 aromatic heterocycles. The quantitative estimate of drug-likeness (QED) is 0.200. The molecule has 44 heavy (non-hydrogen) atoms. The van der Waals surface area contributed by atoms with Gasteiger partial charge in [-0.3, -0.25) is 13.9 Å². The molecule has 0 fully saturated rings. The summed E-state index contributed by atoms with van der Waals surface area (Å²) in [6.07, 6.45) is 1.92. The Kier molecular flexibility index (Phi) is 11.1. The van der Waals surface area contributed by atoms with E-state index in [0.29, 0.717) is 30.0 Å². The summed E-state index contributed by atoms with van der Waals surface area (Å²) in [6.45, 7) is 1.76. The normalized spacial score (nSPS) is 11.8. The second-order valence-electron chi connectivity index (χ2n) is 10.3. The van der Waals surface area contributed by atoms with E-state index in [-0.39, 0.29) is 24.6 Å². The lowest BCUT2D eigenvalue weighted by Crippen LogP contribution is -2.53. The zero-order chi connectivity index (χ0) is 31.5. The molecule has 0 aliphatic heterocycles. The lowest BCUT2D eigenvalue weighted by molar-refractivity contribution is -0.140. The first kappa shape index (κ1) is 32.2. The van der Waals surface area contributed by atoms with Gasteiger partial charge < -0.3 is 15.0 Å². The smallest absolute Gasteiger partial charge is 0.244 e. The average Bonchev–Trinajstić information content (AvgIpc) is 3.02. The number of nitrogens with zero attached hydrogens (tertiary/aromatic N) is 2. The van der Waals surface area contributed by atoms with Crippen LogP contribution in [0.5, 0.6) is 11.5 Å². The number of hydrogen-bond donors (Lipinski definition) is 1. The van der Waals surface area contributed by atoms with Crippen LogP contribution in [0.1, 0.15) is 24.5 Å². The van der Waals surface area contributed by atoms with Crippen molar-refractivity contribution in [2.24, 2.45) is 0 Å². The van der Waals surface area contributed by atoms with Crippen LogP contribution in [0.25, 0.3) is 0 Å². The lowest BCUT2D eigenvalue weighted by atomic mass is 10.0. The molecule has 0 saturated heterocycles. The summed E-state index contributed by atoms with van der Waals surface area (Å²) in [7, 11) is -3.92. The molecule has 4 rings (SSSR count). The van der Waals surface area contributed by atoms with Crippen LogP contribution in [-0.2, 0) is 32.6 Å². The number of rotatable bonds is 14. The number of benzene rings is 4.